The van der Waals surface area contributed by atoms with Gasteiger partial charge in [0.2, 0.25) is 0 Å². The fourth-order valence-electron chi connectivity index (χ4n) is 2.15. The number of alkyl halides is 1. The molecule has 19 heavy (non-hydrogen) atoms. The van der Waals surface area contributed by atoms with Crippen LogP contribution in [-0.4, -0.2) is 15.1 Å². The Bertz CT molecular complexity index is 564. The van der Waals surface area contributed by atoms with E-state index in [9.17, 15) is 0 Å². The van der Waals surface area contributed by atoms with E-state index in [0.29, 0.717) is 5.92 Å². The van der Waals surface area contributed by atoms with E-state index < -0.39 is 0 Å². The molecule has 0 N–H and O–H groups in total. The summed E-state index contributed by atoms with van der Waals surface area (Å²) in [6, 6.07) is 7.97. The monoisotopic (exact) mass is 360 g/mol. The van der Waals surface area contributed by atoms with Crippen LogP contribution in [-0.2, 0) is 13.5 Å². The highest BCUT2D eigenvalue weighted by molar-refractivity contribution is 9.09. The van der Waals surface area contributed by atoms with Crippen LogP contribution in [0.1, 0.15) is 22.7 Å². The maximum atomic E-state index is 6.29. The second kappa shape index (κ2) is 6.29. The summed E-state index contributed by atoms with van der Waals surface area (Å²) in [6.07, 6.45) is 0.866. The van der Waals surface area contributed by atoms with Gasteiger partial charge in [0.15, 0.2) is 0 Å². The van der Waals surface area contributed by atoms with Crippen molar-refractivity contribution < 1.29 is 0 Å². The molecule has 102 valence electrons. The molecule has 0 fully saturated rings. The van der Waals surface area contributed by atoms with E-state index in [4.69, 9.17) is 23.2 Å². The van der Waals surface area contributed by atoms with Gasteiger partial charge >= 0.3 is 0 Å². The van der Waals surface area contributed by atoms with Crippen LogP contribution in [0, 0.1) is 6.92 Å². The SMILES string of the molecule is Cc1nn(C)c(Cl)c1CC(CBr)c1ccc(Cl)cc1. The van der Waals surface area contributed by atoms with Crippen molar-refractivity contribution in [3.63, 3.8) is 0 Å². The second-order valence-corrected chi connectivity index (χ2v) is 6.03. The number of aromatic nitrogens is 2. The molecule has 1 unspecified atom stereocenters. The molecule has 0 spiro atoms. The summed E-state index contributed by atoms with van der Waals surface area (Å²) < 4.78 is 1.72. The molecule has 0 aliphatic heterocycles. The number of nitrogens with zero attached hydrogens (tertiary/aromatic N) is 2. The Kier molecular flexibility index (Phi) is 4.93. The zero-order valence-electron chi connectivity index (χ0n) is 10.8. The molecule has 0 bridgehead atoms. The topological polar surface area (TPSA) is 17.8 Å². The van der Waals surface area contributed by atoms with Crippen molar-refractivity contribution in [2.75, 3.05) is 5.33 Å². The van der Waals surface area contributed by atoms with Crippen LogP contribution in [0.15, 0.2) is 24.3 Å². The van der Waals surface area contributed by atoms with Crippen LogP contribution in [0.4, 0.5) is 0 Å². The highest BCUT2D eigenvalue weighted by Gasteiger charge is 2.18. The second-order valence-electron chi connectivity index (χ2n) is 4.59. The summed E-state index contributed by atoms with van der Waals surface area (Å²) in [4.78, 5) is 0. The number of hydrogen-bond donors (Lipinski definition) is 0. The quantitative estimate of drug-likeness (QED) is 0.718. The highest BCUT2D eigenvalue weighted by Crippen LogP contribution is 2.29. The van der Waals surface area contributed by atoms with Crippen molar-refractivity contribution in [2.45, 2.75) is 19.3 Å². The van der Waals surface area contributed by atoms with Crippen LogP contribution < -0.4 is 0 Å². The van der Waals surface area contributed by atoms with Gasteiger partial charge in [-0.1, -0.05) is 51.3 Å². The molecule has 1 aromatic carbocycles. The van der Waals surface area contributed by atoms with E-state index in [1.165, 1.54) is 5.56 Å². The van der Waals surface area contributed by atoms with Crippen LogP contribution in [0.25, 0.3) is 0 Å². The van der Waals surface area contributed by atoms with Gasteiger partial charge in [0.25, 0.3) is 0 Å². The van der Waals surface area contributed by atoms with E-state index in [2.05, 4.69) is 33.2 Å². The number of aryl methyl sites for hydroxylation is 2. The standard InChI is InChI=1S/C14H15BrCl2N2/c1-9-13(14(17)19(2)18-9)7-11(8-15)10-3-5-12(16)6-4-10/h3-6,11H,7-8H2,1-2H3. The van der Waals surface area contributed by atoms with Crippen molar-refractivity contribution in [3.8, 4) is 0 Å². The van der Waals surface area contributed by atoms with Gasteiger partial charge in [-0.3, -0.25) is 4.68 Å². The molecule has 1 aromatic heterocycles. The summed E-state index contributed by atoms with van der Waals surface area (Å²) in [5.74, 6) is 0.359. The molecular weight excluding hydrogens is 347 g/mol. The third kappa shape index (κ3) is 3.33. The Morgan fingerprint density at radius 1 is 1.26 bits per heavy atom. The van der Waals surface area contributed by atoms with Gasteiger partial charge < -0.3 is 0 Å². The molecule has 1 atom stereocenters. The lowest BCUT2D eigenvalue weighted by atomic mass is 9.94. The van der Waals surface area contributed by atoms with Crippen molar-refractivity contribution >= 4 is 39.1 Å². The minimum atomic E-state index is 0.359. The fourth-order valence-corrected chi connectivity index (χ4v) is 3.13. The van der Waals surface area contributed by atoms with Gasteiger partial charge in [0.05, 0.1) is 5.69 Å². The maximum Gasteiger partial charge on any atom is 0.130 e. The van der Waals surface area contributed by atoms with E-state index in [-0.39, 0.29) is 0 Å². The minimum absolute atomic E-state index is 0.359. The Labute approximate surface area is 131 Å². The Hall–Kier alpha value is -0.510. The molecule has 0 saturated carbocycles. The first-order valence-electron chi connectivity index (χ1n) is 6.02. The summed E-state index contributed by atoms with van der Waals surface area (Å²) in [5, 5.41) is 6.71. The lowest BCUT2D eigenvalue weighted by Crippen LogP contribution is -2.05. The molecule has 2 nitrogen and oxygen atoms in total. The van der Waals surface area contributed by atoms with Gasteiger partial charge in [0, 0.05) is 23.0 Å². The summed E-state index contributed by atoms with van der Waals surface area (Å²) in [7, 11) is 1.87. The number of halogens is 3. The third-order valence-corrected chi connectivity index (χ3v) is 4.75. The zero-order chi connectivity index (χ0) is 14.0. The van der Waals surface area contributed by atoms with Crippen molar-refractivity contribution in [2.24, 2.45) is 7.05 Å². The van der Waals surface area contributed by atoms with Gasteiger partial charge in [-0.05, 0) is 37.0 Å². The summed E-state index contributed by atoms with van der Waals surface area (Å²) >= 11 is 15.8. The normalized spacial score (nSPS) is 12.7. The lowest BCUT2D eigenvalue weighted by molar-refractivity contribution is 0.755. The Morgan fingerprint density at radius 3 is 2.37 bits per heavy atom. The predicted octanol–water partition coefficient (Wildman–Crippen LogP) is 4.76. The first kappa shape index (κ1) is 14.9. The van der Waals surface area contributed by atoms with E-state index >= 15 is 0 Å². The van der Waals surface area contributed by atoms with Gasteiger partial charge in [-0.25, -0.2) is 0 Å². The molecule has 5 heteroatoms. The first-order valence-corrected chi connectivity index (χ1v) is 7.90. The van der Waals surface area contributed by atoms with Crippen molar-refractivity contribution in [1.29, 1.82) is 0 Å². The molecule has 0 amide bonds. The molecule has 2 aromatic rings. The predicted molar refractivity (Wildman–Crippen MR) is 84.6 cm³/mol. The number of rotatable bonds is 4. The fraction of sp³-hybridized carbons (Fsp3) is 0.357. The molecule has 2 rings (SSSR count). The number of benzene rings is 1. The Balaban J connectivity index is 2.26. The van der Waals surface area contributed by atoms with E-state index in [0.717, 1.165) is 33.2 Å². The Morgan fingerprint density at radius 2 is 1.89 bits per heavy atom. The van der Waals surface area contributed by atoms with Gasteiger partial charge in [0.1, 0.15) is 5.15 Å². The molecule has 1 heterocycles. The zero-order valence-corrected chi connectivity index (χ0v) is 13.9. The smallest absolute Gasteiger partial charge is 0.130 e. The molecule has 0 saturated heterocycles. The summed E-state index contributed by atoms with van der Waals surface area (Å²) in [6.45, 7) is 1.99. The van der Waals surface area contributed by atoms with Crippen LogP contribution in [0.2, 0.25) is 10.2 Å². The highest BCUT2D eigenvalue weighted by atomic mass is 79.9. The van der Waals surface area contributed by atoms with E-state index in [1.807, 2.05) is 26.1 Å². The van der Waals surface area contributed by atoms with Crippen molar-refractivity contribution in [3.05, 3.63) is 51.3 Å². The molecule has 0 radical (unpaired) electrons. The van der Waals surface area contributed by atoms with Crippen LogP contribution >= 0.6 is 39.1 Å². The lowest BCUT2D eigenvalue weighted by Gasteiger charge is -2.14. The summed E-state index contributed by atoms with van der Waals surface area (Å²) in [5.41, 5.74) is 3.36. The minimum Gasteiger partial charge on any atom is -0.257 e. The van der Waals surface area contributed by atoms with Crippen LogP contribution in [0.3, 0.4) is 0 Å². The van der Waals surface area contributed by atoms with Gasteiger partial charge in [-0.2, -0.15) is 5.10 Å². The van der Waals surface area contributed by atoms with E-state index in [1.54, 1.807) is 4.68 Å². The largest absolute Gasteiger partial charge is 0.257 e. The van der Waals surface area contributed by atoms with Crippen LogP contribution in [0.5, 0.6) is 0 Å². The van der Waals surface area contributed by atoms with Crippen molar-refractivity contribution in [1.82, 2.24) is 9.78 Å². The molecular formula is C14H15BrCl2N2. The first-order chi connectivity index (χ1) is 9.02. The maximum absolute atomic E-state index is 6.29. The third-order valence-electron chi connectivity index (χ3n) is 3.25. The van der Waals surface area contributed by atoms with Gasteiger partial charge in [-0.15, -0.1) is 0 Å². The average molecular weight is 362 g/mol. The number of hydrogen-bond acceptors (Lipinski definition) is 1. The molecule has 0 aliphatic carbocycles. The molecule has 0 aliphatic rings. The average Bonchev–Trinajstić information content (AvgIpc) is 2.63.